The quantitative estimate of drug-likeness (QED) is 0.269. The van der Waals surface area contributed by atoms with E-state index in [2.05, 4.69) is 0 Å². The smallest absolute Gasteiger partial charge is 0 e. The van der Waals surface area contributed by atoms with Crippen molar-refractivity contribution in [3.8, 4) is 0 Å². The molecule has 0 heterocycles. The van der Waals surface area contributed by atoms with E-state index in [1.54, 1.807) is 0 Å². The Bertz CT molecular complexity index is 19.7. The molecule has 0 aliphatic heterocycles. The fourth-order valence-electron chi connectivity index (χ4n) is 0. The molecule has 0 aliphatic carbocycles. The first kappa shape index (κ1) is 67.8. The predicted molar refractivity (Wildman–Crippen MR) is 9.94 cm³/mol. The van der Waals surface area contributed by atoms with Gasteiger partial charge in [0, 0.05) is 124 Å². The second-order valence-corrected chi connectivity index (χ2v) is 0. The van der Waals surface area contributed by atoms with Crippen LogP contribution in [0.5, 0.6) is 0 Å². The largest absolute Gasteiger partial charge is 0.0814 e. The molecule has 7 heavy (non-hydrogen) atoms. The standard InChI is InChI=1S/BH3.Co.Cr.Hf.Pt.Re.Ta/h1H3;;;;;;. The van der Waals surface area contributed by atoms with E-state index in [-0.39, 0.29) is 132 Å². The van der Waals surface area contributed by atoms with Gasteiger partial charge in [0.1, 0.15) is 0 Å². The van der Waals surface area contributed by atoms with E-state index >= 15 is 0 Å². The summed E-state index contributed by atoms with van der Waals surface area (Å²) in [5.41, 5.74) is 0. The van der Waals surface area contributed by atoms with Gasteiger partial charge < -0.3 is 0 Å². The molecule has 0 saturated heterocycles. The minimum atomic E-state index is 0. The van der Waals surface area contributed by atoms with Crippen molar-refractivity contribution in [2.75, 3.05) is 0 Å². The molecule has 0 unspecified atom stereocenters. The van der Waals surface area contributed by atoms with E-state index in [1.807, 2.05) is 0 Å². The van der Waals surface area contributed by atoms with Crippen molar-refractivity contribution in [3.63, 3.8) is 0 Å². The van der Waals surface area contributed by atoms with E-state index < -0.39 is 0 Å². The van der Waals surface area contributed by atoms with Crippen LogP contribution in [-0.4, -0.2) is 8.41 Å². The monoisotopic (exact) mass is 868 g/mol. The molecular formula is H3BCoCrHfPtReTa. The zero-order chi connectivity index (χ0) is 0. The topological polar surface area (TPSA) is 0 Å². The Morgan fingerprint density at radius 2 is 1.00 bits per heavy atom. The molecule has 0 aromatic carbocycles. The Hall–Kier alpha value is 4.06. The van der Waals surface area contributed by atoms with Crippen molar-refractivity contribution >= 4 is 8.41 Å². The molecule has 0 atom stereocenters. The van der Waals surface area contributed by atoms with Crippen LogP contribution < -0.4 is 0 Å². The fraction of sp³-hybridized carbons (Fsp3) is 0. The van der Waals surface area contributed by atoms with Crippen molar-refractivity contribution in [3.05, 3.63) is 0 Å². The summed E-state index contributed by atoms with van der Waals surface area (Å²) in [5, 5.41) is 0. The summed E-state index contributed by atoms with van der Waals surface area (Å²) in [6, 6.07) is 0. The summed E-state index contributed by atoms with van der Waals surface area (Å²) in [5.74, 6) is 0. The molecule has 0 aromatic heterocycles. The van der Waals surface area contributed by atoms with Crippen molar-refractivity contribution in [1.29, 1.82) is 0 Å². The van der Waals surface area contributed by atoms with Crippen LogP contribution in [0.25, 0.3) is 0 Å². The Kier molecular flexibility index (Phi) is 485. The van der Waals surface area contributed by atoms with Gasteiger partial charge >= 0.3 is 0 Å². The molecule has 7 heteroatoms. The number of rotatable bonds is 0. The molecule has 0 nitrogen and oxygen atoms in total. The average Bonchev–Trinajstić information content (AvgIpc) is 0. The molecule has 0 aliphatic rings. The van der Waals surface area contributed by atoms with Crippen LogP contribution in [0.4, 0.5) is 0 Å². The predicted octanol–water partition coefficient (Wildman–Crippen LogP) is -1.20. The van der Waals surface area contributed by atoms with Crippen LogP contribution in [0.15, 0.2) is 0 Å². The normalized spacial score (nSPS) is 0. The molecule has 0 aromatic rings. The van der Waals surface area contributed by atoms with Crippen LogP contribution >= 0.6 is 0 Å². The summed E-state index contributed by atoms with van der Waals surface area (Å²) in [6.07, 6.45) is 0. The zero-order valence-corrected chi connectivity index (χ0v) is 16.5. The van der Waals surface area contributed by atoms with Crippen LogP contribution in [0.1, 0.15) is 0 Å². The second-order valence-electron chi connectivity index (χ2n) is 0. The van der Waals surface area contributed by atoms with Crippen molar-refractivity contribution in [2.45, 2.75) is 0 Å². The van der Waals surface area contributed by atoms with Gasteiger partial charge in [-0.25, -0.2) is 0 Å². The maximum atomic E-state index is 0. The van der Waals surface area contributed by atoms with Crippen molar-refractivity contribution < 1.29 is 124 Å². The van der Waals surface area contributed by atoms with Gasteiger partial charge in [-0.15, -0.1) is 0 Å². The minimum absolute atomic E-state index is 0. The first-order valence-corrected chi connectivity index (χ1v) is 0. The minimum Gasteiger partial charge on any atom is 0 e. The molecule has 3 radical (unpaired) electrons. The first-order chi connectivity index (χ1) is 0. The number of hydrogen-bond acceptors (Lipinski definition) is 0. The van der Waals surface area contributed by atoms with E-state index in [0.717, 1.165) is 0 Å². The van der Waals surface area contributed by atoms with Gasteiger partial charge in [0.2, 0.25) is 0 Å². The van der Waals surface area contributed by atoms with E-state index in [0.29, 0.717) is 0 Å². The average molecular weight is 865 g/mol. The summed E-state index contributed by atoms with van der Waals surface area (Å²) in [4.78, 5) is 0. The Morgan fingerprint density at radius 3 is 1.00 bits per heavy atom. The van der Waals surface area contributed by atoms with E-state index in [1.165, 1.54) is 0 Å². The fourth-order valence-corrected chi connectivity index (χ4v) is 0. The first-order valence-electron chi connectivity index (χ1n) is 0. The third-order valence-corrected chi connectivity index (χ3v) is 0. The molecule has 0 saturated carbocycles. The third kappa shape index (κ3) is 39.6. The third-order valence-electron chi connectivity index (χ3n) is 0. The SMILES string of the molecule is B.[Co].[Cr].[Hf].[Pt].[Re].[Ta]. The Labute approximate surface area is 130 Å². The molecule has 0 bridgehead atoms. The molecule has 0 amide bonds. The molecular weight excluding hydrogens is 862 g/mol. The van der Waals surface area contributed by atoms with Gasteiger partial charge in [0.25, 0.3) is 0 Å². The summed E-state index contributed by atoms with van der Waals surface area (Å²) in [7, 11) is 0. The van der Waals surface area contributed by atoms with Gasteiger partial charge in [-0.1, -0.05) is 0 Å². The summed E-state index contributed by atoms with van der Waals surface area (Å²) < 4.78 is 0. The molecule has 0 fully saturated rings. The van der Waals surface area contributed by atoms with Crippen LogP contribution in [0.2, 0.25) is 0 Å². The molecule has 0 spiro atoms. The van der Waals surface area contributed by atoms with Gasteiger partial charge in [-0.05, 0) is 0 Å². The Balaban J connectivity index is 0. The maximum absolute atomic E-state index is 0. The zero-order valence-electron chi connectivity index (χ0n) is 2.38. The van der Waals surface area contributed by atoms with Crippen molar-refractivity contribution in [2.24, 2.45) is 0 Å². The summed E-state index contributed by atoms with van der Waals surface area (Å²) >= 11 is 0. The van der Waals surface area contributed by atoms with Crippen LogP contribution in [0, 0.1) is 0 Å². The van der Waals surface area contributed by atoms with Gasteiger partial charge in [0.05, 0.1) is 8.41 Å². The van der Waals surface area contributed by atoms with Crippen LogP contribution in [0.3, 0.4) is 0 Å². The molecule has 0 N–H and O–H groups in total. The van der Waals surface area contributed by atoms with Gasteiger partial charge in [0.15, 0.2) is 0 Å². The Morgan fingerprint density at radius 1 is 1.00 bits per heavy atom. The van der Waals surface area contributed by atoms with E-state index in [9.17, 15) is 0 Å². The summed E-state index contributed by atoms with van der Waals surface area (Å²) in [6.45, 7) is 0. The van der Waals surface area contributed by atoms with E-state index in [4.69, 9.17) is 0 Å². The molecule has 47 valence electrons. The molecule has 0 rings (SSSR count). The number of hydrogen-bond donors (Lipinski definition) is 0. The maximum Gasteiger partial charge on any atom is 0.0814 e. The second kappa shape index (κ2) is 50.1. The van der Waals surface area contributed by atoms with Gasteiger partial charge in [-0.2, -0.15) is 0 Å². The van der Waals surface area contributed by atoms with Crippen molar-refractivity contribution in [1.82, 2.24) is 0 Å². The van der Waals surface area contributed by atoms with Gasteiger partial charge in [-0.3, -0.25) is 0 Å². The van der Waals surface area contributed by atoms with Crippen LogP contribution in [-0.2, 0) is 124 Å².